The summed E-state index contributed by atoms with van der Waals surface area (Å²) in [6, 6.07) is 5.45. The number of terminal acetylenes is 1. The first-order chi connectivity index (χ1) is 13.7. The quantitative estimate of drug-likeness (QED) is 0.484. The van der Waals surface area contributed by atoms with Crippen LogP contribution >= 0.6 is 0 Å². The van der Waals surface area contributed by atoms with Gasteiger partial charge in [-0.3, -0.25) is 9.20 Å². The Labute approximate surface area is 166 Å². The third kappa shape index (κ3) is 4.40. The molecule has 0 amide bonds. The fourth-order valence-electron chi connectivity index (χ4n) is 3.04. The van der Waals surface area contributed by atoms with Crippen molar-refractivity contribution < 1.29 is 18.0 Å². The normalized spacial score (nSPS) is 11.4. The number of hydrogen-bond acceptors (Lipinski definition) is 4. The predicted molar refractivity (Wildman–Crippen MR) is 105 cm³/mol. The van der Waals surface area contributed by atoms with E-state index in [-0.39, 0.29) is 23.8 Å². The van der Waals surface area contributed by atoms with E-state index < -0.39 is 12.6 Å². The van der Waals surface area contributed by atoms with E-state index in [2.05, 4.69) is 21.2 Å². The third-order valence-corrected chi connectivity index (χ3v) is 4.48. The Hall–Kier alpha value is -3.34. The minimum Gasteiger partial charge on any atom is -0.367 e. The number of nitrogens with zero attached hydrogens (tertiary/aromatic N) is 3. The van der Waals surface area contributed by atoms with E-state index in [1.54, 1.807) is 22.9 Å². The smallest absolute Gasteiger partial charge is 0.367 e. The highest BCUT2D eigenvalue weighted by Crippen LogP contribution is 2.27. The van der Waals surface area contributed by atoms with Crippen LogP contribution in [0.2, 0.25) is 0 Å². The van der Waals surface area contributed by atoms with Crippen LogP contribution in [0.1, 0.15) is 41.4 Å². The average molecular weight is 400 g/mol. The van der Waals surface area contributed by atoms with Gasteiger partial charge in [-0.2, -0.15) is 13.2 Å². The van der Waals surface area contributed by atoms with E-state index in [0.29, 0.717) is 23.3 Å². The Morgan fingerprint density at radius 2 is 2.10 bits per heavy atom. The molecule has 0 saturated carbocycles. The number of Topliss-reactive ketones (excluding diaryl/α,β-unsaturated/α-hetero) is 1. The number of benzene rings is 1. The van der Waals surface area contributed by atoms with Crippen molar-refractivity contribution in [3.05, 3.63) is 47.4 Å². The maximum atomic E-state index is 12.5. The van der Waals surface area contributed by atoms with E-state index >= 15 is 0 Å². The standard InChI is InChI=1S/C21H19F3N4O/c1-4-15-12-28-17(14-6-7-16(13(3)10-14)18(29)5-2)11-26-20(28)19(27-15)25-9-8-21(22,23)24/h1,6-7,10-12H,5,8-9H2,2-3H3,(H,25,27). The number of carbonyl (C=O) groups is 1. The zero-order valence-corrected chi connectivity index (χ0v) is 16.0. The van der Waals surface area contributed by atoms with Crippen LogP contribution in [-0.2, 0) is 0 Å². The van der Waals surface area contributed by atoms with Crippen molar-refractivity contribution in [1.29, 1.82) is 0 Å². The molecule has 1 N–H and O–H groups in total. The Kier molecular flexibility index (Phi) is 5.59. The molecule has 5 nitrogen and oxygen atoms in total. The monoisotopic (exact) mass is 400 g/mol. The zero-order valence-electron chi connectivity index (χ0n) is 16.0. The molecule has 3 rings (SSSR count). The van der Waals surface area contributed by atoms with Gasteiger partial charge in [-0.1, -0.05) is 19.1 Å². The van der Waals surface area contributed by atoms with Crippen LogP contribution in [-0.4, -0.2) is 32.9 Å². The molecule has 1 aromatic carbocycles. The van der Waals surface area contributed by atoms with Crippen LogP contribution < -0.4 is 5.32 Å². The SMILES string of the molecule is C#Cc1cn2c(-c3ccc(C(=O)CC)c(C)c3)cnc2c(NCCC(F)(F)F)n1. The maximum absolute atomic E-state index is 12.5. The number of halogens is 3. The predicted octanol–water partition coefficient (Wildman–Crippen LogP) is 4.64. The maximum Gasteiger partial charge on any atom is 0.390 e. The lowest BCUT2D eigenvalue weighted by Crippen LogP contribution is -2.16. The molecule has 0 atom stereocenters. The van der Waals surface area contributed by atoms with Crippen LogP contribution in [0, 0.1) is 19.3 Å². The third-order valence-electron chi connectivity index (χ3n) is 4.48. The molecule has 0 aliphatic carbocycles. The Balaban J connectivity index is 2.02. The van der Waals surface area contributed by atoms with Gasteiger partial charge in [0.15, 0.2) is 17.2 Å². The van der Waals surface area contributed by atoms with Crippen molar-refractivity contribution in [2.45, 2.75) is 32.9 Å². The first-order valence-electron chi connectivity index (χ1n) is 9.03. The molecular weight excluding hydrogens is 381 g/mol. The van der Waals surface area contributed by atoms with Crippen molar-refractivity contribution in [2.75, 3.05) is 11.9 Å². The van der Waals surface area contributed by atoms with Crippen molar-refractivity contribution in [1.82, 2.24) is 14.4 Å². The van der Waals surface area contributed by atoms with E-state index in [0.717, 1.165) is 11.1 Å². The molecule has 0 aliphatic rings. The van der Waals surface area contributed by atoms with Gasteiger partial charge in [-0.05, 0) is 24.5 Å². The van der Waals surface area contributed by atoms with Crippen molar-refractivity contribution in [3.63, 3.8) is 0 Å². The van der Waals surface area contributed by atoms with Gasteiger partial charge >= 0.3 is 6.18 Å². The van der Waals surface area contributed by atoms with Crippen LogP contribution in [0.3, 0.4) is 0 Å². The number of aromatic nitrogens is 3. The molecule has 29 heavy (non-hydrogen) atoms. The number of anilines is 1. The number of hydrogen-bond donors (Lipinski definition) is 1. The summed E-state index contributed by atoms with van der Waals surface area (Å²) in [5.74, 6) is 2.65. The average Bonchev–Trinajstić information content (AvgIpc) is 3.10. The molecular formula is C21H19F3N4O. The van der Waals surface area contributed by atoms with Crippen LogP contribution in [0.4, 0.5) is 19.0 Å². The lowest BCUT2D eigenvalue weighted by Gasteiger charge is -2.11. The summed E-state index contributed by atoms with van der Waals surface area (Å²) in [5, 5.41) is 2.67. The minimum atomic E-state index is -4.28. The lowest BCUT2D eigenvalue weighted by atomic mass is 9.99. The molecule has 0 spiro atoms. The van der Waals surface area contributed by atoms with Gasteiger partial charge in [-0.25, -0.2) is 9.97 Å². The second kappa shape index (κ2) is 7.95. The summed E-state index contributed by atoms with van der Waals surface area (Å²) in [6.45, 7) is 3.32. The van der Waals surface area contributed by atoms with E-state index in [1.807, 2.05) is 26.0 Å². The molecule has 0 saturated heterocycles. The first-order valence-corrected chi connectivity index (χ1v) is 9.03. The topological polar surface area (TPSA) is 59.3 Å². The summed E-state index contributed by atoms with van der Waals surface area (Å²) in [6.07, 6.45) is 3.81. The fraction of sp³-hybridized carbons (Fsp3) is 0.286. The Morgan fingerprint density at radius 1 is 1.34 bits per heavy atom. The summed E-state index contributed by atoms with van der Waals surface area (Å²) in [7, 11) is 0. The summed E-state index contributed by atoms with van der Waals surface area (Å²) in [4.78, 5) is 20.5. The molecule has 0 aliphatic heterocycles. The molecule has 2 heterocycles. The van der Waals surface area contributed by atoms with Gasteiger partial charge in [-0.15, -0.1) is 6.42 Å². The first kappa shape index (κ1) is 20.4. The Morgan fingerprint density at radius 3 is 2.72 bits per heavy atom. The molecule has 0 unspecified atom stereocenters. The Bertz CT molecular complexity index is 1110. The number of carbonyl (C=O) groups excluding carboxylic acids is 1. The second-order valence-electron chi connectivity index (χ2n) is 6.55. The molecule has 0 radical (unpaired) electrons. The summed E-state index contributed by atoms with van der Waals surface area (Å²) < 4.78 is 39.1. The number of aryl methyl sites for hydroxylation is 1. The highest BCUT2D eigenvalue weighted by molar-refractivity contribution is 5.97. The molecule has 0 fully saturated rings. The largest absolute Gasteiger partial charge is 0.390 e. The van der Waals surface area contributed by atoms with Crippen molar-refractivity contribution in [2.24, 2.45) is 0 Å². The molecule has 8 heteroatoms. The number of fused-ring (bicyclic) bond motifs is 1. The highest BCUT2D eigenvalue weighted by atomic mass is 19.4. The van der Waals surface area contributed by atoms with Crippen molar-refractivity contribution >= 4 is 17.2 Å². The van der Waals surface area contributed by atoms with E-state index in [1.165, 1.54) is 0 Å². The number of rotatable bonds is 6. The van der Waals surface area contributed by atoms with Crippen LogP contribution in [0.25, 0.3) is 16.9 Å². The van der Waals surface area contributed by atoms with Crippen LogP contribution in [0.5, 0.6) is 0 Å². The zero-order chi connectivity index (χ0) is 21.2. The summed E-state index contributed by atoms with van der Waals surface area (Å²) in [5.41, 5.74) is 3.62. The highest BCUT2D eigenvalue weighted by Gasteiger charge is 2.26. The van der Waals surface area contributed by atoms with Gasteiger partial charge < -0.3 is 5.32 Å². The van der Waals surface area contributed by atoms with Crippen LogP contribution in [0.15, 0.2) is 30.6 Å². The summed E-state index contributed by atoms with van der Waals surface area (Å²) >= 11 is 0. The van der Waals surface area contributed by atoms with Gasteiger partial charge in [0, 0.05) is 30.3 Å². The van der Waals surface area contributed by atoms with E-state index in [4.69, 9.17) is 6.42 Å². The van der Waals surface area contributed by atoms with Gasteiger partial charge in [0.2, 0.25) is 0 Å². The number of alkyl halides is 3. The van der Waals surface area contributed by atoms with Crippen molar-refractivity contribution in [3.8, 4) is 23.6 Å². The number of nitrogens with one attached hydrogen (secondary N) is 1. The van der Waals surface area contributed by atoms with Gasteiger partial charge in [0.1, 0.15) is 5.69 Å². The minimum absolute atomic E-state index is 0.0576. The lowest BCUT2D eigenvalue weighted by molar-refractivity contribution is -0.131. The van der Waals surface area contributed by atoms with Gasteiger partial charge in [0.05, 0.1) is 18.3 Å². The second-order valence-corrected chi connectivity index (χ2v) is 6.55. The molecule has 2 aromatic heterocycles. The molecule has 3 aromatic rings. The number of imidazole rings is 1. The fourth-order valence-corrected chi connectivity index (χ4v) is 3.04. The molecule has 150 valence electrons. The van der Waals surface area contributed by atoms with E-state index in [9.17, 15) is 18.0 Å². The van der Waals surface area contributed by atoms with Gasteiger partial charge in [0.25, 0.3) is 0 Å². The molecule has 0 bridgehead atoms. The number of ketones is 1.